The van der Waals surface area contributed by atoms with Crippen molar-refractivity contribution in [2.45, 2.75) is 89.6 Å². The van der Waals surface area contributed by atoms with E-state index in [1.54, 1.807) is 0 Å². The first kappa shape index (κ1) is 18.2. The van der Waals surface area contributed by atoms with Crippen LogP contribution in [0.15, 0.2) is 30.3 Å². The number of ether oxygens (including phenoxy) is 1. The normalized spacial score (nSPS) is 27.2. The second kappa shape index (κ2) is 7.36. The number of amides is 1. The van der Waals surface area contributed by atoms with Crippen LogP contribution in [0.1, 0.15) is 71.4 Å². The first-order chi connectivity index (χ1) is 11.9. The van der Waals surface area contributed by atoms with Crippen LogP contribution in [0.25, 0.3) is 0 Å². The van der Waals surface area contributed by atoms with Gasteiger partial charge in [0.25, 0.3) is 0 Å². The molecule has 1 aromatic carbocycles. The molecule has 3 unspecified atom stereocenters. The highest BCUT2D eigenvalue weighted by atomic mass is 16.6. The summed E-state index contributed by atoms with van der Waals surface area (Å²) in [6.07, 6.45) is 5.20. The highest BCUT2D eigenvalue weighted by molar-refractivity contribution is 5.69. The van der Waals surface area contributed by atoms with Gasteiger partial charge in [0, 0.05) is 24.2 Å². The minimum Gasteiger partial charge on any atom is -0.444 e. The van der Waals surface area contributed by atoms with Gasteiger partial charge < -0.3 is 15.0 Å². The lowest BCUT2D eigenvalue weighted by atomic mass is 9.95. The van der Waals surface area contributed by atoms with Crippen molar-refractivity contribution in [3.05, 3.63) is 35.9 Å². The molecule has 2 fully saturated rings. The van der Waals surface area contributed by atoms with E-state index in [4.69, 9.17) is 4.74 Å². The summed E-state index contributed by atoms with van der Waals surface area (Å²) < 4.78 is 5.63. The molecule has 2 aliphatic rings. The van der Waals surface area contributed by atoms with Crippen LogP contribution in [0.2, 0.25) is 0 Å². The molecule has 0 aromatic heterocycles. The maximum absolute atomic E-state index is 12.6. The summed E-state index contributed by atoms with van der Waals surface area (Å²) in [5, 5.41) is 3.85. The van der Waals surface area contributed by atoms with E-state index < -0.39 is 5.60 Å². The third-order valence-electron chi connectivity index (χ3n) is 5.38. The van der Waals surface area contributed by atoms with Crippen LogP contribution in [0.5, 0.6) is 0 Å². The van der Waals surface area contributed by atoms with Crippen LogP contribution in [0.4, 0.5) is 4.79 Å². The van der Waals surface area contributed by atoms with Crippen LogP contribution in [0, 0.1) is 0 Å². The Labute approximate surface area is 151 Å². The van der Waals surface area contributed by atoms with Gasteiger partial charge in [-0.2, -0.15) is 0 Å². The highest BCUT2D eigenvalue weighted by Crippen LogP contribution is 2.37. The van der Waals surface area contributed by atoms with E-state index in [2.05, 4.69) is 42.6 Å². The second-order valence-electron chi connectivity index (χ2n) is 8.48. The average molecular weight is 344 g/mol. The number of fused-ring (bicyclic) bond motifs is 2. The first-order valence-electron chi connectivity index (χ1n) is 9.69. The fourth-order valence-electron chi connectivity index (χ4n) is 4.35. The van der Waals surface area contributed by atoms with E-state index in [9.17, 15) is 4.79 Å². The monoisotopic (exact) mass is 344 g/mol. The second-order valence-corrected chi connectivity index (χ2v) is 8.48. The molecule has 138 valence electrons. The lowest BCUT2D eigenvalue weighted by molar-refractivity contribution is 0.00423. The molecular weight excluding hydrogens is 312 g/mol. The zero-order valence-electron chi connectivity index (χ0n) is 16.0. The zero-order chi connectivity index (χ0) is 18.0. The molecule has 2 bridgehead atoms. The summed E-state index contributed by atoms with van der Waals surface area (Å²) in [5.74, 6) is 0. The number of nitrogens with zero attached hydrogens (tertiary/aromatic N) is 1. The van der Waals surface area contributed by atoms with E-state index in [0.29, 0.717) is 24.2 Å². The Kier molecular flexibility index (Phi) is 5.38. The van der Waals surface area contributed by atoms with Crippen molar-refractivity contribution in [1.29, 1.82) is 0 Å². The molecule has 1 amide bonds. The average Bonchev–Trinajstić information content (AvgIpc) is 2.83. The Balaban J connectivity index is 1.62. The van der Waals surface area contributed by atoms with Gasteiger partial charge in [-0.05, 0) is 58.4 Å². The number of hydrogen-bond acceptors (Lipinski definition) is 3. The molecule has 0 aliphatic carbocycles. The third kappa shape index (κ3) is 4.35. The minimum atomic E-state index is -0.424. The summed E-state index contributed by atoms with van der Waals surface area (Å²) >= 11 is 0. The Hall–Kier alpha value is -1.55. The zero-order valence-corrected chi connectivity index (χ0v) is 16.0. The number of rotatable bonds is 4. The van der Waals surface area contributed by atoms with Gasteiger partial charge in [0.15, 0.2) is 0 Å². The molecule has 3 rings (SSSR count). The quantitative estimate of drug-likeness (QED) is 0.864. The standard InChI is InChI=1S/C21H32N2O2/c1-5-19(15-9-7-6-8-10-15)22-16-13-17-11-12-18(14-16)23(17)20(24)25-21(2,3)4/h6-10,16-19,22H,5,11-14H2,1-4H3. The van der Waals surface area contributed by atoms with E-state index in [1.165, 1.54) is 5.56 Å². The molecule has 2 aliphatic heterocycles. The topological polar surface area (TPSA) is 41.6 Å². The Morgan fingerprint density at radius 3 is 2.32 bits per heavy atom. The van der Waals surface area contributed by atoms with Crippen molar-refractivity contribution in [2.24, 2.45) is 0 Å². The van der Waals surface area contributed by atoms with Gasteiger partial charge in [0.05, 0.1) is 0 Å². The molecule has 3 atom stereocenters. The van der Waals surface area contributed by atoms with Gasteiger partial charge in [-0.25, -0.2) is 4.79 Å². The number of carbonyl (C=O) groups is 1. The van der Waals surface area contributed by atoms with Crippen LogP contribution < -0.4 is 5.32 Å². The maximum atomic E-state index is 12.6. The van der Waals surface area contributed by atoms with Crippen LogP contribution in [-0.4, -0.2) is 34.7 Å². The van der Waals surface area contributed by atoms with Crippen molar-refractivity contribution in [2.75, 3.05) is 0 Å². The van der Waals surface area contributed by atoms with Gasteiger partial charge >= 0.3 is 6.09 Å². The van der Waals surface area contributed by atoms with Gasteiger partial charge in [0.1, 0.15) is 5.60 Å². The molecule has 1 N–H and O–H groups in total. The van der Waals surface area contributed by atoms with Crippen LogP contribution in [-0.2, 0) is 4.74 Å². The summed E-state index contributed by atoms with van der Waals surface area (Å²) in [6, 6.07) is 12.2. The first-order valence-corrected chi connectivity index (χ1v) is 9.69. The third-order valence-corrected chi connectivity index (χ3v) is 5.38. The molecule has 4 heteroatoms. The molecule has 0 saturated carbocycles. The van der Waals surface area contributed by atoms with E-state index >= 15 is 0 Å². The molecule has 1 aromatic rings. The summed E-state index contributed by atoms with van der Waals surface area (Å²) in [4.78, 5) is 14.6. The highest BCUT2D eigenvalue weighted by Gasteiger charge is 2.45. The Bertz CT molecular complexity index is 567. The number of carbonyl (C=O) groups excluding carboxylic acids is 1. The number of hydrogen-bond donors (Lipinski definition) is 1. The van der Waals surface area contributed by atoms with Crippen molar-refractivity contribution >= 4 is 6.09 Å². The largest absolute Gasteiger partial charge is 0.444 e. The van der Waals surface area contributed by atoms with Gasteiger partial charge in [-0.1, -0.05) is 37.3 Å². The van der Waals surface area contributed by atoms with E-state index in [1.807, 2.05) is 25.7 Å². The van der Waals surface area contributed by atoms with Crippen molar-refractivity contribution in [3.8, 4) is 0 Å². The lowest BCUT2D eigenvalue weighted by Gasteiger charge is -2.40. The van der Waals surface area contributed by atoms with Crippen LogP contribution >= 0.6 is 0 Å². The minimum absolute atomic E-state index is 0.131. The molecule has 25 heavy (non-hydrogen) atoms. The molecular formula is C21H32N2O2. The van der Waals surface area contributed by atoms with Crippen molar-refractivity contribution in [3.63, 3.8) is 0 Å². The lowest BCUT2D eigenvalue weighted by Crippen LogP contribution is -2.53. The number of piperidine rings is 1. The van der Waals surface area contributed by atoms with Crippen molar-refractivity contribution in [1.82, 2.24) is 10.2 Å². The molecule has 0 radical (unpaired) electrons. The van der Waals surface area contributed by atoms with Gasteiger partial charge in [-0.3, -0.25) is 0 Å². The van der Waals surface area contributed by atoms with Crippen molar-refractivity contribution < 1.29 is 9.53 Å². The Morgan fingerprint density at radius 2 is 1.80 bits per heavy atom. The van der Waals surface area contributed by atoms with Gasteiger partial charge in [0.2, 0.25) is 0 Å². The molecule has 2 heterocycles. The summed E-state index contributed by atoms with van der Waals surface area (Å²) in [7, 11) is 0. The molecule has 4 nitrogen and oxygen atoms in total. The van der Waals surface area contributed by atoms with E-state index in [0.717, 1.165) is 32.1 Å². The SMILES string of the molecule is CCC(NC1CC2CCC(C1)N2C(=O)OC(C)(C)C)c1ccccc1. The predicted molar refractivity (Wildman–Crippen MR) is 101 cm³/mol. The van der Waals surface area contributed by atoms with Crippen LogP contribution in [0.3, 0.4) is 0 Å². The molecule has 2 saturated heterocycles. The fraction of sp³-hybridized carbons (Fsp3) is 0.667. The number of nitrogens with one attached hydrogen (secondary N) is 1. The Morgan fingerprint density at radius 1 is 1.20 bits per heavy atom. The predicted octanol–water partition coefficient (Wildman–Crippen LogP) is 4.66. The smallest absolute Gasteiger partial charge is 0.410 e. The maximum Gasteiger partial charge on any atom is 0.410 e. The number of benzene rings is 1. The fourth-order valence-corrected chi connectivity index (χ4v) is 4.35. The molecule has 0 spiro atoms. The summed E-state index contributed by atoms with van der Waals surface area (Å²) in [5.41, 5.74) is 0.929. The van der Waals surface area contributed by atoms with E-state index in [-0.39, 0.29) is 6.09 Å². The summed E-state index contributed by atoms with van der Waals surface area (Å²) in [6.45, 7) is 8.04. The van der Waals surface area contributed by atoms with Gasteiger partial charge in [-0.15, -0.1) is 0 Å².